The molecule has 0 aromatic rings. The molecule has 1 nitrogen and oxygen atoms in total. The fourth-order valence-electron chi connectivity index (χ4n) is 2.70. The maximum absolute atomic E-state index is 3.50. The summed E-state index contributed by atoms with van der Waals surface area (Å²) in [6.07, 6.45) is 9.30. The van der Waals surface area contributed by atoms with Crippen LogP contribution in [0.25, 0.3) is 0 Å². The van der Waals surface area contributed by atoms with E-state index in [2.05, 4.69) is 25.5 Å². The molecule has 0 heterocycles. The minimum atomic E-state index is 0.796. The van der Waals surface area contributed by atoms with Crippen molar-refractivity contribution < 1.29 is 0 Å². The zero-order valence-electron chi connectivity index (χ0n) is 9.88. The first-order valence-corrected chi connectivity index (χ1v) is 7.37. The van der Waals surface area contributed by atoms with Gasteiger partial charge in [-0.2, -0.15) is 11.8 Å². The third-order valence-electron chi connectivity index (χ3n) is 3.73. The molecule has 3 unspecified atom stereocenters. The van der Waals surface area contributed by atoms with E-state index >= 15 is 0 Å². The summed E-state index contributed by atoms with van der Waals surface area (Å²) in [7, 11) is 2.13. The quantitative estimate of drug-likeness (QED) is 0.756. The van der Waals surface area contributed by atoms with Gasteiger partial charge in [-0.05, 0) is 56.6 Å². The Labute approximate surface area is 93.4 Å². The highest BCUT2D eigenvalue weighted by Crippen LogP contribution is 2.33. The number of hydrogen-bond donors (Lipinski definition) is 1. The standard InChI is InChI=1S/C12H25NS/c1-4-10-5-6-12(13-2)11(9-10)7-8-14-3/h10-13H,4-9H2,1-3H3. The van der Waals surface area contributed by atoms with E-state index < -0.39 is 0 Å². The molecule has 1 aliphatic rings. The average molecular weight is 215 g/mol. The van der Waals surface area contributed by atoms with Gasteiger partial charge in [-0.3, -0.25) is 0 Å². The third-order valence-corrected chi connectivity index (χ3v) is 4.38. The predicted molar refractivity (Wildman–Crippen MR) is 67.0 cm³/mol. The molecule has 0 spiro atoms. The van der Waals surface area contributed by atoms with E-state index in [0.29, 0.717) is 0 Å². The number of nitrogens with one attached hydrogen (secondary N) is 1. The van der Waals surface area contributed by atoms with Gasteiger partial charge in [-0.25, -0.2) is 0 Å². The maximum Gasteiger partial charge on any atom is 0.00928 e. The first-order chi connectivity index (χ1) is 6.81. The van der Waals surface area contributed by atoms with Crippen LogP contribution in [0.1, 0.15) is 39.0 Å². The van der Waals surface area contributed by atoms with Crippen molar-refractivity contribution in [3.8, 4) is 0 Å². The molecule has 1 rings (SSSR count). The van der Waals surface area contributed by atoms with Crippen molar-refractivity contribution in [2.75, 3.05) is 19.1 Å². The molecule has 0 aliphatic heterocycles. The highest BCUT2D eigenvalue weighted by Gasteiger charge is 2.27. The van der Waals surface area contributed by atoms with E-state index in [4.69, 9.17) is 0 Å². The van der Waals surface area contributed by atoms with Gasteiger partial charge in [-0.15, -0.1) is 0 Å². The molecule has 2 heteroatoms. The van der Waals surface area contributed by atoms with Crippen molar-refractivity contribution in [2.24, 2.45) is 11.8 Å². The van der Waals surface area contributed by atoms with Crippen LogP contribution in [0.3, 0.4) is 0 Å². The van der Waals surface area contributed by atoms with E-state index in [0.717, 1.165) is 17.9 Å². The lowest BCUT2D eigenvalue weighted by Crippen LogP contribution is -2.38. The van der Waals surface area contributed by atoms with E-state index in [1.165, 1.54) is 37.9 Å². The van der Waals surface area contributed by atoms with Gasteiger partial charge >= 0.3 is 0 Å². The van der Waals surface area contributed by atoms with Gasteiger partial charge in [0, 0.05) is 6.04 Å². The van der Waals surface area contributed by atoms with Gasteiger partial charge in [0.15, 0.2) is 0 Å². The Morgan fingerprint density at radius 2 is 2.14 bits per heavy atom. The first-order valence-electron chi connectivity index (χ1n) is 5.98. The summed E-state index contributed by atoms with van der Waals surface area (Å²) in [5.41, 5.74) is 0. The van der Waals surface area contributed by atoms with Crippen molar-refractivity contribution in [2.45, 2.75) is 45.1 Å². The summed E-state index contributed by atoms with van der Waals surface area (Å²) in [5.74, 6) is 3.27. The predicted octanol–water partition coefficient (Wildman–Crippen LogP) is 3.15. The molecule has 14 heavy (non-hydrogen) atoms. The summed E-state index contributed by atoms with van der Waals surface area (Å²) in [6, 6.07) is 0.796. The van der Waals surface area contributed by atoms with E-state index in [9.17, 15) is 0 Å². The maximum atomic E-state index is 3.50. The molecule has 3 atom stereocenters. The van der Waals surface area contributed by atoms with Gasteiger partial charge < -0.3 is 5.32 Å². The fourth-order valence-corrected chi connectivity index (χ4v) is 3.24. The molecule has 0 bridgehead atoms. The highest BCUT2D eigenvalue weighted by molar-refractivity contribution is 7.98. The van der Waals surface area contributed by atoms with Gasteiger partial charge in [-0.1, -0.05) is 13.3 Å². The molecule has 84 valence electrons. The van der Waals surface area contributed by atoms with Crippen LogP contribution in [0, 0.1) is 11.8 Å². The second kappa shape index (κ2) is 6.73. The van der Waals surface area contributed by atoms with Gasteiger partial charge in [0.05, 0.1) is 0 Å². The van der Waals surface area contributed by atoms with Crippen molar-refractivity contribution in [3.63, 3.8) is 0 Å². The van der Waals surface area contributed by atoms with Crippen LogP contribution in [0.4, 0.5) is 0 Å². The Morgan fingerprint density at radius 3 is 2.71 bits per heavy atom. The second-order valence-corrected chi connectivity index (χ2v) is 5.51. The fraction of sp³-hybridized carbons (Fsp3) is 1.00. The van der Waals surface area contributed by atoms with E-state index in [-0.39, 0.29) is 0 Å². The second-order valence-electron chi connectivity index (χ2n) is 4.52. The molecular weight excluding hydrogens is 190 g/mol. The Hall–Kier alpha value is 0.310. The Balaban J connectivity index is 2.38. The molecule has 0 aromatic carbocycles. The first kappa shape index (κ1) is 12.4. The number of rotatable bonds is 5. The molecule has 0 aromatic heterocycles. The summed E-state index contributed by atoms with van der Waals surface area (Å²) < 4.78 is 0. The lowest BCUT2D eigenvalue weighted by molar-refractivity contribution is 0.202. The van der Waals surface area contributed by atoms with Crippen LogP contribution in [-0.4, -0.2) is 25.1 Å². The minimum Gasteiger partial charge on any atom is -0.317 e. The van der Waals surface area contributed by atoms with Gasteiger partial charge in [0.25, 0.3) is 0 Å². The monoisotopic (exact) mass is 215 g/mol. The van der Waals surface area contributed by atoms with Crippen LogP contribution in [0.5, 0.6) is 0 Å². The minimum absolute atomic E-state index is 0.796. The molecule has 0 amide bonds. The molecule has 1 N–H and O–H groups in total. The Bertz CT molecular complexity index is 149. The summed E-state index contributed by atoms with van der Waals surface area (Å²) in [5, 5.41) is 3.50. The zero-order valence-corrected chi connectivity index (χ0v) is 10.7. The average Bonchev–Trinajstić information content (AvgIpc) is 2.25. The van der Waals surface area contributed by atoms with Gasteiger partial charge in [0.2, 0.25) is 0 Å². The van der Waals surface area contributed by atoms with Crippen LogP contribution < -0.4 is 5.32 Å². The normalized spacial score (nSPS) is 33.2. The highest BCUT2D eigenvalue weighted by atomic mass is 32.2. The lowest BCUT2D eigenvalue weighted by Gasteiger charge is -2.35. The lowest BCUT2D eigenvalue weighted by atomic mass is 9.76. The van der Waals surface area contributed by atoms with Crippen LogP contribution in [0.2, 0.25) is 0 Å². The van der Waals surface area contributed by atoms with Crippen LogP contribution in [0.15, 0.2) is 0 Å². The zero-order chi connectivity index (χ0) is 10.4. The third kappa shape index (κ3) is 3.47. The van der Waals surface area contributed by atoms with Crippen molar-refractivity contribution >= 4 is 11.8 Å². The van der Waals surface area contributed by atoms with Crippen molar-refractivity contribution in [1.29, 1.82) is 0 Å². The summed E-state index contributed by atoms with van der Waals surface area (Å²) in [4.78, 5) is 0. The molecule has 0 radical (unpaired) electrons. The number of thioether (sulfide) groups is 1. The van der Waals surface area contributed by atoms with Crippen LogP contribution in [-0.2, 0) is 0 Å². The van der Waals surface area contributed by atoms with Crippen molar-refractivity contribution in [3.05, 3.63) is 0 Å². The smallest absolute Gasteiger partial charge is 0.00928 e. The molecular formula is C12H25NS. The van der Waals surface area contributed by atoms with Gasteiger partial charge in [0.1, 0.15) is 0 Å². The largest absolute Gasteiger partial charge is 0.317 e. The molecule has 1 fully saturated rings. The molecule has 1 aliphatic carbocycles. The topological polar surface area (TPSA) is 12.0 Å². The van der Waals surface area contributed by atoms with Crippen molar-refractivity contribution in [1.82, 2.24) is 5.32 Å². The molecule has 1 saturated carbocycles. The Morgan fingerprint density at radius 1 is 1.36 bits per heavy atom. The Kier molecular flexibility index (Phi) is 5.95. The number of hydrogen-bond acceptors (Lipinski definition) is 2. The van der Waals surface area contributed by atoms with Crippen LogP contribution >= 0.6 is 11.8 Å². The van der Waals surface area contributed by atoms with E-state index in [1.54, 1.807) is 0 Å². The SMILES string of the molecule is CCC1CCC(NC)C(CCSC)C1. The summed E-state index contributed by atoms with van der Waals surface area (Å²) in [6.45, 7) is 2.34. The summed E-state index contributed by atoms with van der Waals surface area (Å²) >= 11 is 1.99. The molecule has 0 saturated heterocycles. The van der Waals surface area contributed by atoms with E-state index in [1.807, 2.05) is 11.8 Å².